The van der Waals surface area contributed by atoms with Gasteiger partial charge in [-0.05, 0) is 82.3 Å². The minimum absolute atomic E-state index is 0.189. The SMILES string of the molecule is C=CCc1cc(C2(c3cc(C)c(OCC4CO4)c(CC=C)c3)c3ccccc3-c3ccccc32)cc(C)c1OCC1CO1. The van der Waals surface area contributed by atoms with Gasteiger partial charge < -0.3 is 18.9 Å². The van der Waals surface area contributed by atoms with Crippen LogP contribution in [-0.4, -0.2) is 38.6 Å². The van der Waals surface area contributed by atoms with Crippen molar-refractivity contribution < 1.29 is 18.9 Å². The number of epoxide rings is 2. The van der Waals surface area contributed by atoms with Crippen LogP contribution in [0.4, 0.5) is 0 Å². The standard InChI is InChI=1S/C39H38O4/c1-5-11-27-19-29(17-25(3)37(27)42-23-31-21-40-31)39(35-15-9-7-13-33(35)34-14-8-10-16-36(34)39)30-18-26(4)38(28(20-30)12-6-2)43-24-32-22-41-32/h5-10,13-20,31-32H,1-2,11-12,21-24H2,3-4H3. The predicted octanol–water partition coefficient (Wildman–Crippen LogP) is 7.68. The molecule has 0 bridgehead atoms. The lowest BCUT2D eigenvalue weighted by atomic mass is 9.66. The molecule has 4 nitrogen and oxygen atoms in total. The fourth-order valence-electron chi connectivity index (χ4n) is 6.86. The fourth-order valence-corrected chi connectivity index (χ4v) is 6.86. The highest BCUT2D eigenvalue weighted by molar-refractivity contribution is 5.86. The number of ether oxygens (including phenoxy) is 4. The van der Waals surface area contributed by atoms with E-state index >= 15 is 0 Å². The van der Waals surface area contributed by atoms with Crippen LogP contribution in [0.15, 0.2) is 98.1 Å². The van der Waals surface area contributed by atoms with Gasteiger partial charge in [0.25, 0.3) is 0 Å². The summed E-state index contributed by atoms with van der Waals surface area (Å²) >= 11 is 0. The van der Waals surface area contributed by atoms with Crippen molar-refractivity contribution in [2.75, 3.05) is 26.4 Å². The molecule has 0 aromatic heterocycles. The molecule has 4 aromatic rings. The lowest BCUT2D eigenvalue weighted by Gasteiger charge is -2.36. The van der Waals surface area contributed by atoms with E-state index in [0.29, 0.717) is 26.1 Å². The normalized spacial score (nSPS) is 18.8. The van der Waals surface area contributed by atoms with Crippen LogP contribution in [0, 0.1) is 13.8 Å². The van der Waals surface area contributed by atoms with E-state index in [1.807, 2.05) is 12.2 Å². The Kier molecular flexibility index (Phi) is 7.20. The lowest BCUT2D eigenvalue weighted by molar-refractivity contribution is 0.260. The molecule has 2 heterocycles. The van der Waals surface area contributed by atoms with E-state index in [0.717, 1.165) is 47.0 Å². The first-order valence-electron chi connectivity index (χ1n) is 15.2. The summed E-state index contributed by atoms with van der Waals surface area (Å²) in [4.78, 5) is 0. The molecule has 4 heteroatoms. The molecule has 2 aliphatic heterocycles. The Morgan fingerprint density at radius 3 is 1.51 bits per heavy atom. The predicted molar refractivity (Wildman–Crippen MR) is 171 cm³/mol. The molecule has 2 saturated heterocycles. The van der Waals surface area contributed by atoms with Crippen molar-refractivity contribution in [1.29, 1.82) is 0 Å². The highest BCUT2D eigenvalue weighted by Gasteiger charge is 2.47. The van der Waals surface area contributed by atoms with Crippen LogP contribution < -0.4 is 9.47 Å². The van der Waals surface area contributed by atoms with Crippen LogP contribution in [0.1, 0.15) is 44.5 Å². The van der Waals surface area contributed by atoms with Gasteiger partial charge in [-0.2, -0.15) is 0 Å². The molecule has 0 saturated carbocycles. The summed E-state index contributed by atoms with van der Waals surface area (Å²) in [6.07, 6.45) is 5.73. The Morgan fingerprint density at radius 1 is 0.698 bits per heavy atom. The smallest absolute Gasteiger partial charge is 0.125 e. The van der Waals surface area contributed by atoms with Crippen LogP contribution in [-0.2, 0) is 27.7 Å². The zero-order valence-corrected chi connectivity index (χ0v) is 25.0. The van der Waals surface area contributed by atoms with Gasteiger partial charge in [0.1, 0.15) is 36.9 Å². The highest BCUT2D eigenvalue weighted by Crippen LogP contribution is 2.57. The Hall–Kier alpha value is -4.12. The lowest BCUT2D eigenvalue weighted by Crippen LogP contribution is -2.29. The van der Waals surface area contributed by atoms with Crippen molar-refractivity contribution in [3.05, 3.63) is 143 Å². The molecule has 1 aliphatic carbocycles. The number of rotatable bonds is 12. The molecule has 3 aliphatic rings. The van der Waals surface area contributed by atoms with Gasteiger partial charge >= 0.3 is 0 Å². The van der Waals surface area contributed by atoms with E-state index in [-0.39, 0.29) is 12.2 Å². The van der Waals surface area contributed by atoms with Crippen molar-refractivity contribution in [2.24, 2.45) is 0 Å². The summed E-state index contributed by atoms with van der Waals surface area (Å²) in [6.45, 7) is 15.2. The number of aryl methyl sites for hydroxylation is 2. The second kappa shape index (κ2) is 11.2. The second-order valence-corrected chi connectivity index (χ2v) is 11.9. The van der Waals surface area contributed by atoms with E-state index in [4.69, 9.17) is 18.9 Å². The molecule has 2 unspecified atom stereocenters. The summed E-state index contributed by atoms with van der Waals surface area (Å²) in [5, 5.41) is 0. The van der Waals surface area contributed by atoms with Crippen LogP contribution in [0.25, 0.3) is 11.1 Å². The van der Waals surface area contributed by atoms with Crippen LogP contribution in [0.3, 0.4) is 0 Å². The van der Waals surface area contributed by atoms with Crippen LogP contribution >= 0.6 is 0 Å². The molecule has 43 heavy (non-hydrogen) atoms. The first-order chi connectivity index (χ1) is 21.0. The molecule has 2 fully saturated rings. The minimum atomic E-state index is -0.537. The highest BCUT2D eigenvalue weighted by atomic mass is 16.6. The van der Waals surface area contributed by atoms with Gasteiger partial charge in [-0.1, -0.05) is 84.9 Å². The minimum Gasteiger partial charge on any atom is -0.490 e. The third-order valence-corrected chi connectivity index (χ3v) is 8.88. The molecule has 0 spiro atoms. The Balaban J connectivity index is 1.49. The fraction of sp³-hybridized carbons (Fsp3) is 0.282. The first kappa shape index (κ1) is 27.7. The van der Waals surface area contributed by atoms with Gasteiger partial charge in [0.15, 0.2) is 0 Å². The monoisotopic (exact) mass is 570 g/mol. The van der Waals surface area contributed by atoms with Gasteiger partial charge in [-0.25, -0.2) is 0 Å². The van der Waals surface area contributed by atoms with Gasteiger partial charge in [0.05, 0.1) is 18.6 Å². The molecule has 0 radical (unpaired) electrons. The molecule has 4 aromatic carbocycles. The van der Waals surface area contributed by atoms with Crippen molar-refractivity contribution >= 4 is 0 Å². The van der Waals surface area contributed by atoms with Crippen molar-refractivity contribution in [1.82, 2.24) is 0 Å². The average molecular weight is 571 g/mol. The number of allylic oxidation sites excluding steroid dienone is 2. The van der Waals surface area contributed by atoms with E-state index in [1.165, 1.54) is 33.4 Å². The third-order valence-electron chi connectivity index (χ3n) is 8.88. The van der Waals surface area contributed by atoms with Gasteiger partial charge in [0, 0.05) is 0 Å². The van der Waals surface area contributed by atoms with Gasteiger partial charge in [0.2, 0.25) is 0 Å². The quantitative estimate of drug-likeness (QED) is 0.114. The van der Waals surface area contributed by atoms with E-state index < -0.39 is 5.41 Å². The first-order valence-corrected chi connectivity index (χ1v) is 15.2. The molecule has 0 amide bonds. The maximum Gasteiger partial charge on any atom is 0.125 e. The van der Waals surface area contributed by atoms with Gasteiger partial charge in [-0.15, -0.1) is 13.2 Å². The molecular weight excluding hydrogens is 532 g/mol. The largest absolute Gasteiger partial charge is 0.490 e. The van der Waals surface area contributed by atoms with Crippen molar-refractivity contribution in [2.45, 2.75) is 44.3 Å². The number of hydrogen-bond acceptors (Lipinski definition) is 4. The summed E-state index contributed by atoms with van der Waals surface area (Å²) < 4.78 is 23.6. The molecule has 218 valence electrons. The zero-order valence-electron chi connectivity index (χ0n) is 25.0. The van der Waals surface area contributed by atoms with Crippen molar-refractivity contribution in [3.63, 3.8) is 0 Å². The Morgan fingerprint density at radius 2 is 1.12 bits per heavy atom. The Labute approximate surface area is 254 Å². The van der Waals surface area contributed by atoms with Gasteiger partial charge in [-0.3, -0.25) is 0 Å². The maximum atomic E-state index is 6.37. The van der Waals surface area contributed by atoms with Crippen LogP contribution in [0.2, 0.25) is 0 Å². The van der Waals surface area contributed by atoms with Crippen LogP contribution in [0.5, 0.6) is 11.5 Å². The Bertz CT molecular complexity index is 1580. The third kappa shape index (κ3) is 4.89. The molecule has 2 atom stereocenters. The number of fused-ring (bicyclic) bond motifs is 3. The molecule has 7 rings (SSSR count). The maximum absolute atomic E-state index is 6.37. The van der Waals surface area contributed by atoms with E-state index in [2.05, 4.69) is 99.8 Å². The van der Waals surface area contributed by atoms with E-state index in [1.54, 1.807) is 0 Å². The van der Waals surface area contributed by atoms with E-state index in [9.17, 15) is 0 Å². The second-order valence-electron chi connectivity index (χ2n) is 11.9. The topological polar surface area (TPSA) is 43.5 Å². The summed E-state index contributed by atoms with van der Waals surface area (Å²) in [6, 6.07) is 27.0. The number of benzene rings is 4. The molecule has 0 N–H and O–H groups in total. The average Bonchev–Trinajstić information content (AvgIpc) is 3.95. The summed E-state index contributed by atoms with van der Waals surface area (Å²) in [5.41, 5.74) is 11.5. The summed E-state index contributed by atoms with van der Waals surface area (Å²) in [7, 11) is 0. The number of hydrogen-bond donors (Lipinski definition) is 0. The molecular formula is C39H38O4. The van der Waals surface area contributed by atoms with Crippen molar-refractivity contribution in [3.8, 4) is 22.6 Å². The summed E-state index contributed by atoms with van der Waals surface area (Å²) in [5.74, 6) is 1.87. The zero-order chi connectivity index (χ0) is 29.6.